The molecule has 0 fully saturated rings. The summed E-state index contributed by atoms with van der Waals surface area (Å²) < 4.78 is 9.07. The summed E-state index contributed by atoms with van der Waals surface area (Å²) in [5.74, 6) is 0.707. The predicted molar refractivity (Wildman–Crippen MR) is 98.8 cm³/mol. The second kappa shape index (κ2) is 6.20. The molecular formula is C17H15ClN6O3. The quantitative estimate of drug-likeness (QED) is 0.494. The first-order chi connectivity index (χ1) is 12.9. The van der Waals surface area contributed by atoms with Crippen molar-refractivity contribution >= 4 is 22.8 Å². The second-order valence-corrected chi connectivity index (χ2v) is 6.57. The molecule has 0 aliphatic carbocycles. The van der Waals surface area contributed by atoms with Crippen molar-refractivity contribution < 1.29 is 4.52 Å². The van der Waals surface area contributed by atoms with Crippen LogP contribution in [0.25, 0.3) is 22.6 Å². The first-order valence-electron chi connectivity index (χ1n) is 8.08. The summed E-state index contributed by atoms with van der Waals surface area (Å²) in [6.45, 7) is 2.05. The lowest BCUT2D eigenvalue weighted by Crippen LogP contribution is -2.37. The fourth-order valence-electron chi connectivity index (χ4n) is 2.92. The van der Waals surface area contributed by atoms with Crippen LogP contribution in [0.3, 0.4) is 0 Å². The number of nitrogens with zero attached hydrogens (tertiary/aromatic N) is 6. The summed E-state index contributed by atoms with van der Waals surface area (Å²) in [5.41, 5.74) is 1.31. The Labute approximate surface area is 157 Å². The zero-order valence-corrected chi connectivity index (χ0v) is 15.6. The summed E-state index contributed by atoms with van der Waals surface area (Å²) >= 11 is 6.21. The van der Waals surface area contributed by atoms with Gasteiger partial charge in [0.1, 0.15) is 0 Å². The molecule has 3 heterocycles. The van der Waals surface area contributed by atoms with Crippen LogP contribution in [0.4, 0.5) is 0 Å². The highest BCUT2D eigenvalue weighted by Crippen LogP contribution is 2.20. The molecule has 4 rings (SSSR count). The number of hydrogen-bond acceptors (Lipinski definition) is 6. The summed E-state index contributed by atoms with van der Waals surface area (Å²) in [5, 5.41) is 4.03. The summed E-state index contributed by atoms with van der Waals surface area (Å²) in [6.07, 6.45) is 0. The van der Waals surface area contributed by atoms with E-state index in [2.05, 4.69) is 15.1 Å². The first-order valence-corrected chi connectivity index (χ1v) is 8.46. The van der Waals surface area contributed by atoms with Gasteiger partial charge in [0, 0.05) is 19.7 Å². The van der Waals surface area contributed by atoms with Crippen LogP contribution in [0.15, 0.2) is 38.4 Å². The van der Waals surface area contributed by atoms with Crippen LogP contribution in [0.1, 0.15) is 11.4 Å². The normalized spacial score (nSPS) is 11.4. The van der Waals surface area contributed by atoms with Crippen molar-refractivity contribution in [1.29, 1.82) is 0 Å². The van der Waals surface area contributed by atoms with E-state index < -0.39 is 11.2 Å². The van der Waals surface area contributed by atoms with Gasteiger partial charge in [0.15, 0.2) is 17.0 Å². The standard InChI is InChI=1S/C17H15ClN6O3/c1-9-5-4-6-10(7-9)14-19-11(21-27-14)8-24-12-13(20-16(24)18)22(2)17(26)23(3)15(12)25/h4-7H,8H2,1-3H3. The van der Waals surface area contributed by atoms with E-state index >= 15 is 0 Å². The van der Waals surface area contributed by atoms with Crippen LogP contribution in [0, 0.1) is 6.92 Å². The molecule has 0 N–H and O–H groups in total. The van der Waals surface area contributed by atoms with Gasteiger partial charge in [-0.05, 0) is 30.7 Å². The van der Waals surface area contributed by atoms with E-state index in [0.29, 0.717) is 11.7 Å². The average molecular weight is 387 g/mol. The van der Waals surface area contributed by atoms with Gasteiger partial charge >= 0.3 is 5.69 Å². The molecule has 4 aromatic rings. The third-order valence-corrected chi connectivity index (χ3v) is 4.62. The summed E-state index contributed by atoms with van der Waals surface area (Å²) in [7, 11) is 2.93. The number of aromatic nitrogens is 6. The molecule has 0 radical (unpaired) electrons. The Morgan fingerprint density at radius 1 is 1.15 bits per heavy atom. The molecule has 0 bridgehead atoms. The smallest absolute Gasteiger partial charge is 0.332 e. The lowest BCUT2D eigenvalue weighted by atomic mass is 10.1. The van der Waals surface area contributed by atoms with E-state index in [1.807, 2.05) is 31.2 Å². The maximum Gasteiger partial charge on any atom is 0.332 e. The van der Waals surface area contributed by atoms with Crippen LogP contribution in [-0.4, -0.2) is 28.8 Å². The zero-order chi connectivity index (χ0) is 19.3. The van der Waals surface area contributed by atoms with E-state index in [1.54, 1.807) is 0 Å². The molecule has 27 heavy (non-hydrogen) atoms. The van der Waals surface area contributed by atoms with Crippen molar-refractivity contribution in [2.24, 2.45) is 14.1 Å². The minimum atomic E-state index is -0.491. The van der Waals surface area contributed by atoms with Gasteiger partial charge in [-0.3, -0.25) is 13.9 Å². The maximum absolute atomic E-state index is 12.6. The highest BCUT2D eigenvalue weighted by Gasteiger charge is 2.20. The minimum Gasteiger partial charge on any atom is -0.334 e. The molecule has 1 aromatic carbocycles. The molecule has 0 unspecified atom stereocenters. The van der Waals surface area contributed by atoms with Crippen LogP contribution in [-0.2, 0) is 20.6 Å². The molecule has 9 nitrogen and oxygen atoms in total. The number of halogens is 1. The highest BCUT2D eigenvalue weighted by atomic mass is 35.5. The van der Waals surface area contributed by atoms with Gasteiger partial charge < -0.3 is 9.09 Å². The van der Waals surface area contributed by atoms with Gasteiger partial charge in [0.2, 0.25) is 5.28 Å². The van der Waals surface area contributed by atoms with Crippen LogP contribution >= 0.6 is 11.6 Å². The molecular weight excluding hydrogens is 372 g/mol. The van der Waals surface area contributed by atoms with Gasteiger partial charge in [-0.25, -0.2) is 4.79 Å². The number of aryl methyl sites for hydroxylation is 2. The third kappa shape index (κ3) is 2.76. The number of hydrogen-bond donors (Lipinski definition) is 0. The van der Waals surface area contributed by atoms with Crippen molar-refractivity contribution in [3.63, 3.8) is 0 Å². The average Bonchev–Trinajstić information content (AvgIpc) is 3.24. The third-order valence-electron chi connectivity index (χ3n) is 4.33. The Balaban J connectivity index is 1.80. The van der Waals surface area contributed by atoms with Gasteiger partial charge in [-0.15, -0.1) is 0 Å². The number of benzene rings is 1. The predicted octanol–water partition coefficient (Wildman–Crippen LogP) is 1.49. The van der Waals surface area contributed by atoms with Crippen molar-refractivity contribution in [2.45, 2.75) is 13.5 Å². The maximum atomic E-state index is 12.6. The monoisotopic (exact) mass is 386 g/mol. The van der Waals surface area contributed by atoms with E-state index in [0.717, 1.165) is 15.7 Å². The van der Waals surface area contributed by atoms with Crippen molar-refractivity contribution in [2.75, 3.05) is 0 Å². The Kier molecular flexibility index (Phi) is 3.96. The van der Waals surface area contributed by atoms with E-state index in [1.165, 1.54) is 23.2 Å². The summed E-state index contributed by atoms with van der Waals surface area (Å²) in [4.78, 5) is 33.1. The topological polar surface area (TPSA) is 101 Å². The second-order valence-electron chi connectivity index (χ2n) is 6.23. The number of imidazole rings is 1. The summed E-state index contributed by atoms with van der Waals surface area (Å²) in [6, 6.07) is 7.68. The largest absolute Gasteiger partial charge is 0.334 e. The van der Waals surface area contributed by atoms with Gasteiger partial charge in [-0.2, -0.15) is 9.97 Å². The molecule has 3 aromatic heterocycles. The fraction of sp³-hybridized carbons (Fsp3) is 0.235. The molecule has 0 saturated carbocycles. The molecule has 0 aliphatic heterocycles. The van der Waals surface area contributed by atoms with Crippen LogP contribution < -0.4 is 11.2 Å². The highest BCUT2D eigenvalue weighted by molar-refractivity contribution is 6.29. The van der Waals surface area contributed by atoms with Crippen LogP contribution in [0.5, 0.6) is 0 Å². The molecule has 0 spiro atoms. The van der Waals surface area contributed by atoms with Gasteiger partial charge in [0.05, 0.1) is 6.54 Å². The Morgan fingerprint density at radius 2 is 1.93 bits per heavy atom. The first kappa shape index (κ1) is 17.2. The molecule has 0 atom stereocenters. The Hall–Kier alpha value is -3.20. The lowest BCUT2D eigenvalue weighted by molar-refractivity contribution is 0.421. The molecule has 138 valence electrons. The molecule has 0 amide bonds. The Bertz CT molecular complexity index is 1300. The van der Waals surface area contributed by atoms with Crippen molar-refractivity contribution in [1.82, 2.24) is 28.8 Å². The van der Waals surface area contributed by atoms with E-state index in [-0.39, 0.29) is 23.0 Å². The fourth-order valence-corrected chi connectivity index (χ4v) is 3.14. The van der Waals surface area contributed by atoms with Crippen molar-refractivity contribution in [3.8, 4) is 11.5 Å². The minimum absolute atomic E-state index is 0.0604. The van der Waals surface area contributed by atoms with Crippen molar-refractivity contribution in [3.05, 3.63) is 61.8 Å². The Morgan fingerprint density at radius 3 is 2.67 bits per heavy atom. The number of fused-ring (bicyclic) bond motifs is 1. The number of rotatable bonds is 3. The van der Waals surface area contributed by atoms with Gasteiger partial charge in [0.25, 0.3) is 11.4 Å². The molecule has 0 saturated heterocycles. The van der Waals surface area contributed by atoms with Crippen LogP contribution in [0.2, 0.25) is 5.28 Å². The lowest BCUT2D eigenvalue weighted by Gasteiger charge is -2.05. The van der Waals surface area contributed by atoms with E-state index in [4.69, 9.17) is 16.1 Å². The molecule has 10 heteroatoms. The van der Waals surface area contributed by atoms with E-state index in [9.17, 15) is 9.59 Å². The molecule has 0 aliphatic rings. The SMILES string of the molecule is Cc1cccc(-c2nc(Cn3c(Cl)nc4c3c(=O)n(C)c(=O)n4C)no2)c1. The van der Waals surface area contributed by atoms with Gasteiger partial charge in [-0.1, -0.05) is 22.9 Å². The zero-order valence-electron chi connectivity index (χ0n) is 14.8.